The van der Waals surface area contributed by atoms with Crippen molar-refractivity contribution in [2.45, 2.75) is 32.4 Å². The zero-order valence-corrected chi connectivity index (χ0v) is 15.7. The number of hydrogen-bond acceptors (Lipinski definition) is 5. The van der Waals surface area contributed by atoms with E-state index in [0.717, 1.165) is 11.3 Å². The molecule has 3 rings (SSSR count). The van der Waals surface area contributed by atoms with E-state index < -0.39 is 36.8 Å². The molecule has 6 nitrogen and oxygen atoms in total. The van der Waals surface area contributed by atoms with Crippen molar-refractivity contribution in [2.75, 3.05) is 7.11 Å². The second-order valence-electron chi connectivity index (χ2n) is 6.06. The van der Waals surface area contributed by atoms with Crippen molar-refractivity contribution < 1.29 is 37.3 Å². The monoisotopic (exact) mass is 415 g/mol. The maximum absolute atomic E-state index is 14.9. The second kappa shape index (κ2) is 7.70. The summed E-state index contributed by atoms with van der Waals surface area (Å²) < 4.78 is 48.9. The van der Waals surface area contributed by atoms with E-state index in [9.17, 15) is 27.9 Å². The van der Waals surface area contributed by atoms with Gasteiger partial charge in [-0.05, 0) is 37.1 Å². The fourth-order valence-corrected chi connectivity index (χ4v) is 4.19. The Morgan fingerprint density at radius 2 is 2.11 bits per heavy atom. The third-order valence-corrected chi connectivity index (χ3v) is 5.48. The van der Waals surface area contributed by atoms with E-state index >= 15 is 0 Å². The highest BCUT2D eigenvalue weighted by atomic mass is 32.1. The number of halogens is 3. The molecule has 0 aromatic carbocycles. The quantitative estimate of drug-likeness (QED) is 0.758. The van der Waals surface area contributed by atoms with E-state index in [2.05, 4.69) is 4.74 Å². The summed E-state index contributed by atoms with van der Waals surface area (Å²) in [4.78, 5) is 25.7. The zero-order chi connectivity index (χ0) is 20.6. The molecule has 0 saturated carbocycles. The lowest BCUT2D eigenvalue weighted by Crippen LogP contribution is -2.36. The first-order valence-electron chi connectivity index (χ1n) is 8.18. The molecule has 28 heavy (non-hydrogen) atoms. The normalized spacial score (nSPS) is 19.1. The highest BCUT2D eigenvalue weighted by molar-refractivity contribution is 7.15. The van der Waals surface area contributed by atoms with E-state index in [1.54, 1.807) is 0 Å². The van der Waals surface area contributed by atoms with Gasteiger partial charge < -0.3 is 19.5 Å². The Hall–Kier alpha value is -2.75. The minimum Gasteiger partial charge on any atom is -0.494 e. The first kappa shape index (κ1) is 20.0. The molecule has 1 aliphatic carbocycles. The van der Waals surface area contributed by atoms with Gasteiger partial charge in [0.1, 0.15) is 0 Å². The van der Waals surface area contributed by atoms with Gasteiger partial charge in [-0.3, -0.25) is 9.59 Å². The number of allylic oxidation sites excluding steroid dienone is 2. The number of fused-ring (bicyclic) bond motifs is 1. The van der Waals surface area contributed by atoms with Gasteiger partial charge in [-0.2, -0.15) is 8.78 Å². The standard InChI is InChI=1S/C18H16F3NO5S/c1-8-9(7-13(23)24)15-10(3-4-11(26-2)16(15)19)22(8)17(25)12-5-6-14(28-12)27-18(20)21/h4-6,10,18H,3,7H2,1-2H3,(H,23,24). The van der Waals surface area contributed by atoms with Gasteiger partial charge in [-0.25, -0.2) is 4.39 Å². The van der Waals surface area contributed by atoms with Crippen molar-refractivity contribution in [1.29, 1.82) is 0 Å². The van der Waals surface area contributed by atoms with Crippen molar-refractivity contribution >= 4 is 23.2 Å². The van der Waals surface area contributed by atoms with Gasteiger partial charge in [0, 0.05) is 11.3 Å². The molecule has 1 N–H and O–H groups in total. The molecule has 1 atom stereocenters. The maximum Gasteiger partial charge on any atom is 0.388 e. The van der Waals surface area contributed by atoms with Gasteiger partial charge >= 0.3 is 12.6 Å². The average Bonchev–Trinajstić information content (AvgIpc) is 3.18. The molecule has 0 spiro atoms. The molecule has 150 valence electrons. The van der Waals surface area contributed by atoms with Crippen LogP contribution in [-0.2, 0) is 9.53 Å². The van der Waals surface area contributed by atoms with Gasteiger partial charge in [0.05, 0.1) is 24.4 Å². The largest absolute Gasteiger partial charge is 0.494 e. The Labute approximate surface area is 162 Å². The van der Waals surface area contributed by atoms with Crippen LogP contribution in [0.5, 0.6) is 5.06 Å². The number of carboxylic acids is 1. The van der Waals surface area contributed by atoms with Gasteiger partial charge in [0.15, 0.2) is 16.6 Å². The minimum atomic E-state index is -3.02. The number of alkyl halides is 2. The first-order valence-corrected chi connectivity index (χ1v) is 9.00. The fourth-order valence-electron chi connectivity index (χ4n) is 3.39. The molecule has 0 saturated heterocycles. The molecule has 10 heteroatoms. The van der Waals surface area contributed by atoms with Crippen molar-refractivity contribution in [1.82, 2.24) is 4.90 Å². The Kier molecular flexibility index (Phi) is 5.50. The number of carbonyl (C=O) groups excluding carboxylic acids is 1. The van der Waals surface area contributed by atoms with E-state index in [0.29, 0.717) is 5.70 Å². The molecule has 2 heterocycles. The van der Waals surface area contributed by atoms with Crippen LogP contribution in [0.1, 0.15) is 29.4 Å². The van der Waals surface area contributed by atoms with E-state index in [1.807, 2.05) is 0 Å². The van der Waals surface area contributed by atoms with Crippen LogP contribution >= 0.6 is 11.3 Å². The summed E-state index contributed by atoms with van der Waals surface area (Å²) in [5, 5.41) is 9.08. The predicted octanol–water partition coefficient (Wildman–Crippen LogP) is 4.08. The Morgan fingerprint density at radius 1 is 1.39 bits per heavy atom. The van der Waals surface area contributed by atoms with Crippen molar-refractivity contribution in [2.24, 2.45) is 0 Å². The van der Waals surface area contributed by atoms with Crippen LogP contribution in [-0.4, -0.2) is 41.6 Å². The molecular formula is C18H16F3NO5S. The molecular weight excluding hydrogens is 399 g/mol. The molecule has 0 bridgehead atoms. The van der Waals surface area contributed by atoms with Crippen LogP contribution in [0, 0.1) is 0 Å². The molecule has 1 aromatic heterocycles. The summed E-state index contributed by atoms with van der Waals surface area (Å²) in [6.45, 7) is -1.48. The zero-order valence-electron chi connectivity index (χ0n) is 14.9. The molecule has 2 aliphatic rings. The maximum atomic E-state index is 14.9. The van der Waals surface area contributed by atoms with Crippen LogP contribution in [0.4, 0.5) is 13.2 Å². The number of carbonyl (C=O) groups is 2. The second-order valence-corrected chi connectivity index (χ2v) is 7.10. The van der Waals surface area contributed by atoms with Crippen LogP contribution < -0.4 is 4.74 Å². The van der Waals surface area contributed by atoms with Gasteiger partial charge in [0.2, 0.25) is 0 Å². The third-order valence-electron chi connectivity index (χ3n) is 4.51. The highest BCUT2D eigenvalue weighted by Gasteiger charge is 2.43. The third kappa shape index (κ3) is 3.51. The summed E-state index contributed by atoms with van der Waals surface area (Å²) >= 11 is 0.736. The van der Waals surface area contributed by atoms with Gasteiger partial charge in [-0.1, -0.05) is 11.3 Å². The smallest absolute Gasteiger partial charge is 0.388 e. The van der Waals surface area contributed by atoms with E-state index in [4.69, 9.17) is 4.74 Å². The number of aliphatic carboxylic acids is 1. The Morgan fingerprint density at radius 3 is 2.71 bits per heavy atom. The van der Waals surface area contributed by atoms with Crippen LogP contribution in [0.25, 0.3) is 0 Å². The summed E-state index contributed by atoms with van der Waals surface area (Å²) in [6, 6.07) is 1.85. The van der Waals surface area contributed by atoms with Gasteiger partial charge in [0.25, 0.3) is 5.91 Å². The summed E-state index contributed by atoms with van der Waals surface area (Å²) in [5.41, 5.74) is 0.609. The number of amides is 1. The number of rotatable bonds is 6. The van der Waals surface area contributed by atoms with E-state index in [1.165, 1.54) is 37.1 Å². The number of carboxylic acid groups (broad SMARTS) is 1. The first-order chi connectivity index (χ1) is 13.2. The molecule has 0 fully saturated rings. The SMILES string of the molecule is COC1=CCC2C(=C1F)C(CC(=O)O)=C(C)N2C(=O)c1ccc(OC(F)F)s1. The Balaban J connectivity index is 2.00. The lowest BCUT2D eigenvalue weighted by atomic mass is 9.92. The Bertz CT molecular complexity index is 918. The van der Waals surface area contributed by atoms with Crippen molar-refractivity contribution in [3.05, 3.63) is 51.5 Å². The number of methoxy groups -OCH3 is 1. The van der Waals surface area contributed by atoms with Gasteiger partial charge in [-0.15, -0.1) is 0 Å². The van der Waals surface area contributed by atoms with Crippen molar-refractivity contribution in [3.8, 4) is 5.06 Å². The molecule has 1 amide bonds. The number of ether oxygens (including phenoxy) is 2. The van der Waals surface area contributed by atoms with Crippen LogP contribution in [0.3, 0.4) is 0 Å². The summed E-state index contributed by atoms with van der Waals surface area (Å²) in [5.74, 6) is -2.44. The fraction of sp³-hybridized carbons (Fsp3) is 0.333. The minimum absolute atomic E-state index is 0.0139. The van der Waals surface area contributed by atoms with Crippen LogP contribution in [0.15, 0.2) is 46.6 Å². The average molecular weight is 415 g/mol. The number of thiophene rings is 1. The molecule has 1 unspecified atom stereocenters. The molecule has 0 radical (unpaired) electrons. The number of nitrogens with zero attached hydrogens (tertiary/aromatic N) is 1. The highest BCUT2D eigenvalue weighted by Crippen LogP contribution is 2.45. The van der Waals surface area contributed by atoms with E-state index in [-0.39, 0.29) is 33.3 Å². The molecule has 1 aromatic rings. The summed E-state index contributed by atoms with van der Waals surface area (Å²) in [7, 11) is 1.30. The van der Waals surface area contributed by atoms with Crippen molar-refractivity contribution in [3.63, 3.8) is 0 Å². The lowest BCUT2D eigenvalue weighted by Gasteiger charge is -2.28. The predicted molar refractivity (Wildman–Crippen MR) is 93.7 cm³/mol. The summed E-state index contributed by atoms with van der Waals surface area (Å²) in [6.07, 6.45) is 1.25. The lowest BCUT2D eigenvalue weighted by molar-refractivity contribution is -0.136. The molecule has 1 aliphatic heterocycles. The van der Waals surface area contributed by atoms with Crippen LogP contribution in [0.2, 0.25) is 0 Å². The topological polar surface area (TPSA) is 76.1 Å². The number of hydrogen-bond donors (Lipinski definition) is 1.